The summed E-state index contributed by atoms with van der Waals surface area (Å²) in [5.74, 6) is 0.536. The predicted octanol–water partition coefficient (Wildman–Crippen LogP) is 2.09. The van der Waals surface area contributed by atoms with Gasteiger partial charge < -0.3 is 5.73 Å². The van der Waals surface area contributed by atoms with Crippen molar-refractivity contribution in [2.75, 3.05) is 0 Å². The van der Waals surface area contributed by atoms with E-state index < -0.39 is 0 Å². The molecule has 0 amide bonds. The van der Waals surface area contributed by atoms with E-state index in [1.54, 1.807) is 0 Å². The van der Waals surface area contributed by atoms with Gasteiger partial charge in [0.15, 0.2) is 5.65 Å². The maximum Gasteiger partial charge on any atom is 0.272 e. The van der Waals surface area contributed by atoms with Crippen molar-refractivity contribution in [1.82, 2.24) is 14.6 Å². The van der Waals surface area contributed by atoms with E-state index in [2.05, 4.69) is 10.1 Å². The van der Waals surface area contributed by atoms with Crippen LogP contribution in [0.25, 0.3) is 5.65 Å². The largest absolute Gasteiger partial charge is 0.323 e. The lowest BCUT2D eigenvalue weighted by Crippen LogP contribution is -2.19. The number of fused-ring (bicyclic) bond motifs is 1. The van der Waals surface area contributed by atoms with Crippen LogP contribution in [0.3, 0.4) is 0 Å². The van der Waals surface area contributed by atoms with Crippen LogP contribution in [0, 0.1) is 0 Å². The average Bonchev–Trinajstić information content (AvgIpc) is 2.84. The molecule has 2 aromatic rings. The summed E-state index contributed by atoms with van der Waals surface area (Å²) in [5, 5.41) is 3.20. The van der Waals surface area contributed by atoms with Crippen molar-refractivity contribution in [2.45, 2.75) is 51.0 Å². The summed E-state index contributed by atoms with van der Waals surface area (Å²) in [5.41, 5.74) is 8.18. The van der Waals surface area contributed by atoms with Crippen LogP contribution < -0.4 is 11.3 Å². The summed E-state index contributed by atoms with van der Waals surface area (Å²) >= 11 is 0. The third kappa shape index (κ3) is 2.30. The van der Waals surface area contributed by atoms with Gasteiger partial charge >= 0.3 is 0 Å². The van der Waals surface area contributed by atoms with Crippen molar-refractivity contribution in [2.24, 2.45) is 5.73 Å². The summed E-state index contributed by atoms with van der Waals surface area (Å²) < 4.78 is 1.52. The Bertz CT molecular complexity index is 634. The molecule has 3 N–H and O–H groups in total. The number of nitrogens with zero attached hydrogens (tertiary/aromatic N) is 2. The second-order valence-corrected chi connectivity index (χ2v) is 5.55. The van der Waals surface area contributed by atoms with E-state index in [9.17, 15) is 4.79 Å². The minimum atomic E-state index is -0.217. The number of aromatic nitrogens is 3. The number of nitrogens with two attached hydrogens (primary N) is 1. The Hall–Kier alpha value is -1.62. The fourth-order valence-electron chi connectivity index (χ4n) is 2.88. The minimum Gasteiger partial charge on any atom is -0.323 e. The molecule has 1 atom stereocenters. The van der Waals surface area contributed by atoms with Crippen molar-refractivity contribution in [1.29, 1.82) is 0 Å². The number of aromatic amines is 1. The third-order valence-corrected chi connectivity index (χ3v) is 4.00. The van der Waals surface area contributed by atoms with Crippen molar-refractivity contribution in [3.8, 4) is 0 Å². The quantitative estimate of drug-likeness (QED) is 0.868. The molecule has 2 aromatic heterocycles. The highest BCUT2D eigenvalue weighted by Gasteiger charge is 2.18. The number of rotatable bonds is 2. The van der Waals surface area contributed by atoms with Gasteiger partial charge in [-0.25, -0.2) is 9.50 Å². The Morgan fingerprint density at radius 3 is 2.79 bits per heavy atom. The first-order valence-electron chi connectivity index (χ1n) is 7.03. The Labute approximate surface area is 111 Å². The summed E-state index contributed by atoms with van der Waals surface area (Å²) in [6.07, 6.45) is 6.26. The van der Waals surface area contributed by atoms with Gasteiger partial charge in [0.25, 0.3) is 5.56 Å². The second-order valence-electron chi connectivity index (χ2n) is 5.55. The zero-order valence-corrected chi connectivity index (χ0v) is 11.2. The van der Waals surface area contributed by atoms with Crippen molar-refractivity contribution < 1.29 is 0 Å². The van der Waals surface area contributed by atoms with Gasteiger partial charge in [0.05, 0.1) is 5.69 Å². The highest BCUT2D eigenvalue weighted by molar-refractivity contribution is 5.41. The molecule has 3 rings (SSSR count). The first-order valence-corrected chi connectivity index (χ1v) is 7.03. The molecule has 1 aliphatic carbocycles. The molecule has 5 heteroatoms. The zero-order valence-electron chi connectivity index (χ0n) is 11.2. The lowest BCUT2D eigenvalue weighted by atomic mass is 9.87. The molecule has 1 saturated carbocycles. The van der Waals surface area contributed by atoms with Gasteiger partial charge in [0, 0.05) is 29.8 Å². The SMILES string of the molecule is CC(N)c1cc(=O)n2[nH]c(C3CCCCC3)cc2n1. The summed E-state index contributed by atoms with van der Waals surface area (Å²) in [6, 6.07) is 3.30. The number of hydrogen-bond donors (Lipinski definition) is 2. The smallest absolute Gasteiger partial charge is 0.272 e. The van der Waals surface area contributed by atoms with Crippen molar-refractivity contribution in [3.05, 3.63) is 33.9 Å². The molecule has 102 valence electrons. The first kappa shape index (κ1) is 12.4. The first-order chi connectivity index (χ1) is 9.15. The van der Waals surface area contributed by atoms with Gasteiger partial charge in [-0.15, -0.1) is 0 Å². The van der Waals surface area contributed by atoms with E-state index in [1.807, 2.05) is 13.0 Å². The van der Waals surface area contributed by atoms with Crippen molar-refractivity contribution >= 4 is 5.65 Å². The lowest BCUT2D eigenvalue weighted by molar-refractivity contribution is 0.435. The molecule has 0 aliphatic heterocycles. The van der Waals surface area contributed by atoms with Crippen LogP contribution in [-0.4, -0.2) is 14.6 Å². The molecule has 0 radical (unpaired) electrons. The van der Waals surface area contributed by atoms with E-state index in [1.165, 1.54) is 42.7 Å². The Morgan fingerprint density at radius 1 is 1.37 bits per heavy atom. The van der Waals surface area contributed by atoms with E-state index in [0.717, 1.165) is 5.69 Å². The van der Waals surface area contributed by atoms with Gasteiger partial charge in [-0.2, -0.15) is 0 Å². The minimum absolute atomic E-state index is 0.0839. The molecule has 1 aliphatic rings. The maximum absolute atomic E-state index is 12.0. The molecule has 5 nitrogen and oxygen atoms in total. The van der Waals surface area contributed by atoms with Crippen molar-refractivity contribution in [3.63, 3.8) is 0 Å². The molecule has 1 fully saturated rings. The average molecular weight is 260 g/mol. The normalized spacial score (nSPS) is 18.8. The van der Waals surface area contributed by atoms with E-state index in [4.69, 9.17) is 5.73 Å². The van der Waals surface area contributed by atoms with Gasteiger partial charge in [-0.05, 0) is 19.8 Å². The van der Waals surface area contributed by atoms with Gasteiger partial charge in [0.2, 0.25) is 0 Å². The number of nitrogens with one attached hydrogen (secondary N) is 1. The highest BCUT2D eigenvalue weighted by Crippen LogP contribution is 2.31. The summed E-state index contributed by atoms with van der Waals surface area (Å²) in [7, 11) is 0. The van der Waals surface area contributed by atoms with Gasteiger partial charge in [-0.1, -0.05) is 19.3 Å². The van der Waals surface area contributed by atoms with Crippen LogP contribution in [0.1, 0.15) is 62.4 Å². The lowest BCUT2D eigenvalue weighted by Gasteiger charge is -2.19. The molecular formula is C14H20N4O. The van der Waals surface area contributed by atoms with Crippen LogP contribution in [0.2, 0.25) is 0 Å². The second kappa shape index (κ2) is 4.81. The van der Waals surface area contributed by atoms with E-state index in [0.29, 0.717) is 17.3 Å². The van der Waals surface area contributed by atoms with Crippen LogP contribution in [0.4, 0.5) is 0 Å². The molecule has 0 spiro atoms. The molecule has 19 heavy (non-hydrogen) atoms. The standard InChI is InChI=1S/C14H20N4O/c1-9(15)11-8-14(19)18-13(16-11)7-12(17-18)10-5-3-2-4-6-10/h7-10,17H,2-6,15H2,1H3. The molecule has 0 aromatic carbocycles. The fourth-order valence-corrected chi connectivity index (χ4v) is 2.88. The molecule has 1 unspecified atom stereocenters. The monoisotopic (exact) mass is 260 g/mol. The van der Waals surface area contributed by atoms with Crippen LogP contribution >= 0.6 is 0 Å². The van der Waals surface area contributed by atoms with Gasteiger partial charge in [-0.3, -0.25) is 9.89 Å². The molecule has 0 bridgehead atoms. The zero-order chi connectivity index (χ0) is 13.4. The van der Waals surface area contributed by atoms with E-state index in [-0.39, 0.29) is 11.6 Å². The Morgan fingerprint density at radius 2 is 2.11 bits per heavy atom. The van der Waals surface area contributed by atoms with E-state index >= 15 is 0 Å². The van der Waals surface area contributed by atoms with Crippen LogP contribution in [0.5, 0.6) is 0 Å². The molecule has 2 heterocycles. The Kier molecular flexibility index (Phi) is 3.14. The molecule has 0 saturated heterocycles. The number of hydrogen-bond acceptors (Lipinski definition) is 3. The van der Waals surface area contributed by atoms with Gasteiger partial charge in [0.1, 0.15) is 0 Å². The van der Waals surface area contributed by atoms with Crippen LogP contribution in [0.15, 0.2) is 16.9 Å². The Balaban J connectivity index is 2.04. The van der Waals surface area contributed by atoms with Crippen LogP contribution in [-0.2, 0) is 0 Å². The molecular weight excluding hydrogens is 240 g/mol. The predicted molar refractivity (Wildman–Crippen MR) is 74.2 cm³/mol. The summed E-state index contributed by atoms with van der Waals surface area (Å²) in [4.78, 5) is 16.5. The highest BCUT2D eigenvalue weighted by atomic mass is 16.1. The summed E-state index contributed by atoms with van der Waals surface area (Å²) in [6.45, 7) is 1.84. The topological polar surface area (TPSA) is 76.2 Å². The number of H-pyrrole nitrogens is 1. The fraction of sp³-hybridized carbons (Fsp3) is 0.571. The third-order valence-electron chi connectivity index (χ3n) is 4.00. The maximum atomic E-state index is 12.0.